The van der Waals surface area contributed by atoms with Gasteiger partial charge in [0.25, 0.3) is 0 Å². The lowest BCUT2D eigenvalue weighted by atomic mass is 10.3. The molecule has 0 unspecified atom stereocenters. The minimum absolute atomic E-state index is 0. The summed E-state index contributed by atoms with van der Waals surface area (Å²) in [4.78, 5) is 1.07. The minimum atomic E-state index is 0. The fraction of sp³-hybridized carbons (Fsp3) is 0.333. The van der Waals surface area contributed by atoms with Gasteiger partial charge in [-0.05, 0) is 18.4 Å². The average Bonchev–Trinajstić information content (AvgIpc) is 2.13. The average molecular weight is 198 g/mol. The van der Waals surface area contributed by atoms with E-state index in [1.54, 1.807) is 11.3 Å². The van der Waals surface area contributed by atoms with Gasteiger partial charge in [-0.1, -0.05) is 11.6 Å². The molecule has 0 saturated heterocycles. The molecule has 10 heavy (non-hydrogen) atoms. The molecule has 0 radical (unpaired) electrons. The third-order valence-electron chi connectivity index (χ3n) is 1.06. The van der Waals surface area contributed by atoms with Crippen molar-refractivity contribution in [1.29, 1.82) is 0 Å². The van der Waals surface area contributed by atoms with Crippen LogP contribution < -0.4 is 5.73 Å². The van der Waals surface area contributed by atoms with Gasteiger partial charge < -0.3 is 5.73 Å². The van der Waals surface area contributed by atoms with Crippen molar-refractivity contribution in [3.63, 3.8) is 0 Å². The van der Waals surface area contributed by atoms with Crippen LogP contribution in [-0.4, -0.2) is 0 Å². The maximum Gasteiger partial charge on any atom is 0.0560 e. The van der Waals surface area contributed by atoms with Gasteiger partial charge in [0.1, 0.15) is 0 Å². The van der Waals surface area contributed by atoms with Gasteiger partial charge in [0.2, 0.25) is 0 Å². The third kappa shape index (κ3) is 2.13. The zero-order valence-corrected chi connectivity index (χ0v) is 7.89. The third-order valence-corrected chi connectivity index (χ3v) is 2.62. The molecule has 1 nitrogen and oxygen atoms in total. The van der Waals surface area contributed by atoms with E-state index in [-0.39, 0.29) is 18.4 Å². The molecule has 0 spiro atoms. The Hall–Kier alpha value is 0.240. The molecule has 0 amide bonds. The second-order valence-corrected chi connectivity index (χ2v) is 3.28. The van der Waals surface area contributed by atoms with E-state index in [1.165, 1.54) is 0 Å². The van der Waals surface area contributed by atoms with Crippen molar-refractivity contribution in [3.8, 4) is 0 Å². The van der Waals surface area contributed by atoms with Crippen LogP contribution in [0.3, 0.4) is 0 Å². The topological polar surface area (TPSA) is 26.0 Å². The van der Waals surface area contributed by atoms with Crippen molar-refractivity contribution in [2.75, 3.05) is 0 Å². The van der Waals surface area contributed by atoms with Crippen molar-refractivity contribution in [1.82, 2.24) is 0 Å². The first-order valence-corrected chi connectivity index (χ1v) is 3.96. The van der Waals surface area contributed by atoms with E-state index in [2.05, 4.69) is 0 Å². The summed E-state index contributed by atoms with van der Waals surface area (Å²) in [5.41, 5.74) is 5.58. The van der Waals surface area contributed by atoms with Crippen molar-refractivity contribution in [3.05, 3.63) is 21.3 Å². The van der Waals surface area contributed by atoms with Gasteiger partial charge in [-0.15, -0.1) is 23.7 Å². The molecule has 0 aliphatic rings. The Kier molecular flexibility index (Phi) is 4.29. The van der Waals surface area contributed by atoms with Crippen LogP contribution in [-0.2, 0) is 0 Å². The molecule has 0 fully saturated rings. The zero-order valence-electron chi connectivity index (χ0n) is 5.50. The molecule has 58 valence electrons. The summed E-state index contributed by atoms with van der Waals surface area (Å²) in [5, 5.41) is 2.73. The zero-order chi connectivity index (χ0) is 6.85. The maximum atomic E-state index is 5.77. The van der Waals surface area contributed by atoms with Crippen LogP contribution in [0.4, 0.5) is 0 Å². The fourth-order valence-electron chi connectivity index (χ4n) is 0.630. The summed E-state index contributed by atoms with van der Waals surface area (Å²) in [6, 6.07) is 1.93. The highest BCUT2D eigenvalue weighted by Gasteiger charge is 2.04. The van der Waals surface area contributed by atoms with Crippen LogP contribution in [0.25, 0.3) is 0 Å². The highest BCUT2D eigenvalue weighted by molar-refractivity contribution is 7.10. The highest BCUT2D eigenvalue weighted by atomic mass is 35.5. The molecule has 0 bridgehead atoms. The summed E-state index contributed by atoms with van der Waals surface area (Å²) in [5.74, 6) is 0. The quantitative estimate of drug-likeness (QED) is 0.737. The Balaban J connectivity index is 0.000000810. The Labute approximate surface area is 75.6 Å². The van der Waals surface area contributed by atoms with Gasteiger partial charge in [-0.3, -0.25) is 0 Å². The van der Waals surface area contributed by atoms with Crippen LogP contribution in [0.1, 0.15) is 17.8 Å². The van der Waals surface area contributed by atoms with Crippen molar-refractivity contribution in [2.45, 2.75) is 13.0 Å². The molecule has 0 saturated carbocycles. The van der Waals surface area contributed by atoms with Gasteiger partial charge in [0, 0.05) is 10.9 Å². The molecule has 1 aromatic rings. The standard InChI is InChI=1S/C6H8ClNS.ClH/c1-4(8)6-5(7)2-3-9-6;/h2-4H,8H2,1H3;1H/t4-;/m0./s1. The number of hydrogen-bond donors (Lipinski definition) is 1. The largest absolute Gasteiger partial charge is 0.323 e. The van der Waals surface area contributed by atoms with Gasteiger partial charge >= 0.3 is 0 Å². The van der Waals surface area contributed by atoms with Crippen LogP contribution in [0.5, 0.6) is 0 Å². The van der Waals surface area contributed by atoms with Crippen molar-refractivity contribution < 1.29 is 0 Å². The molecule has 1 heterocycles. The van der Waals surface area contributed by atoms with Gasteiger partial charge in [-0.2, -0.15) is 0 Å². The lowest BCUT2D eigenvalue weighted by Crippen LogP contribution is -2.02. The monoisotopic (exact) mass is 197 g/mol. The lowest BCUT2D eigenvalue weighted by Gasteiger charge is -1.99. The summed E-state index contributed by atoms with van der Waals surface area (Å²) in [6.45, 7) is 1.93. The normalized spacial score (nSPS) is 12.3. The van der Waals surface area contributed by atoms with E-state index in [0.29, 0.717) is 0 Å². The van der Waals surface area contributed by atoms with Gasteiger partial charge in [0.15, 0.2) is 0 Å². The van der Waals surface area contributed by atoms with E-state index in [9.17, 15) is 0 Å². The second-order valence-electron chi connectivity index (χ2n) is 1.92. The summed E-state index contributed by atoms with van der Waals surface area (Å²) in [6.07, 6.45) is 0. The van der Waals surface area contributed by atoms with Gasteiger partial charge in [-0.25, -0.2) is 0 Å². The van der Waals surface area contributed by atoms with E-state index < -0.39 is 0 Å². The molecule has 1 aromatic heterocycles. The summed E-state index contributed by atoms with van der Waals surface area (Å²) < 4.78 is 0. The summed E-state index contributed by atoms with van der Waals surface area (Å²) in [7, 11) is 0. The first kappa shape index (κ1) is 10.2. The molecule has 1 rings (SSSR count). The lowest BCUT2D eigenvalue weighted by molar-refractivity contribution is 0.839. The Bertz CT molecular complexity index is 197. The van der Waals surface area contributed by atoms with Gasteiger partial charge in [0.05, 0.1) is 5.02 Å². The Morgan fingerprint density at radius 3 is 2.50 bits per heavy atom. The van der Waals surface area contributed by atoms with Crippen LogP contribution in [0, 0.1) is 0 Å². The Morgan fingerprint density at radius 1 is 1.70 bits per heavy atom. The number of nitrogens with two attached hydrogens (primary N) is 1. The minimum Gasteiger partial charge on any atom is -0.323 e. The summed E-state index contributed by atoms with van der Waals surface area (Å²) >= 11 is 7.37. The molecule has 2 N–H and O–H groups in total. The predicted molar refractivity (Wildman–Crippen MR) is 49.2 cm³/mol. The molecular weight excluding hydrogens is 189 g/mol. The fourth-order valence-corrected chi connectivity index (χ4v) is 1.82. The van der Waals surface area contributed by atoms with E-state index in [1.807, 2.05) is 18.4 Å². The van der Waals surface area contributed by atoms with Crippen molar-refractivity contribution >= 4 is 35.3 Å². The number of rotatable bonds is 1. The molecule has 4 heteroatoms. The van der Waals surface area contributed by atoms with Crippen LogP contribution >= 0.6 is 35.3 Å². The van der Waals surface area contributed by atoms with E-state index >= 15 is 0 Å². The first-order valence-electron chi connectivity index (χ1n) is 2.70. The molecule has 0 aromatic carbocycles. The predicted octanol–water partition coefficient (Wildman–Crippen LogP) is 2.84. The molecular formula is C6H9Cl2NS. The molecule has 1 atom stereocenters. The SMILES string of the molecule is C[C@H](N)c1sccc1Cl.Cl. The van der Waals surface area contributed by atoms with Crippen LogP contribution in [0.15, 0.2) is 11.4 Å². The smallest absolute Gasteiger partial charge is 0.0560 e. The Morgan fingerprint density at radius 2 is 2.30 bits per heavy atom. The van der Waals surface area contributed by atoms with Crippen LogP contribution in [0.2, 0.25) is 5.02 Å². The first-order chi connectivity index (χ1) is 4.22. The maximum absolute atomic E-state index is 5.77. The second kappa shape index (κ2) is 4.19. The number of thiophene rings is 1. The molecule has 0 aliphatic heterocycles. The molecule has 0 aliphatic carbocycles. The van der Waals surface area contributed by atoms with E-state index in [0.717, 1.165) is 9.90 Å². The number of halogens is 2. The highest BCUT2D eigenvalue weighted by Crippen LogP contribution is 2.26. The van der Waals surface area contributed by atoms with Crippen molar-refractivity contribution in [2.24, 2.45) is 5.73 Å². The number of hydrogen-bond acceptors (Lipinski definition) is 2. The van der Waals surface area contributed by atoms with E-state index in [4.69, 9.17) is 17.3 Å².